The number of halogens is 4. The normalized spacial score (nSPS) is 15.2. The van der Waals surface area contributed by atoms with Crippen LogP contribution in [0.2, 0.25) is 5.02 Å². The average Bonchev–Trinajstić information content (AvgIpc) is 2.29. The van der Waals surface area contributed by atoms with E-state index in [0.717, 1.165) is 0 Å². The third kappa shape index (κ3) is 4.46. The van der Waals surface area contributed by atoms with Gasteiger partial charge in [-0.3, -0.25) is 4.79 Å². The zero-order chi connectivity index (χ0) is 15.4. The van der Waals surface area contributed by atoms with Crippen LogP contribution in [0.4, 0.5) is 18.9 Å². The standard InChI is InChI=1S/C11H10ClF3N2O3/c12-7-1-3-8(4-2-7)17-16-6-10(20,5-9(18)19)11(13,14)15/h1-4,20H,5-6H2,(H,18,19). The molecule has 0 aromatic heterocycles. The quantitative estimate of drug-likeness (QED) is 0.819. The summed E-state index contributed by atoms with van der Waals surface area (Å²) in [5.41, 5.74) is -3.22. The summed E-state index contributed by atoms with van der Waals surface area (Å²) in [5, 5.41) is 24.9. The molecule has 0 bridgehead atoms. The minimum Gasteiger partial charge on any atom is -0.481 e. The molecule has 0 radical (unpaired) electrons. The van der Waals surface area contributed by atoms with Gasteiger partial charge >= 0.3 is 12.1 Å². The average molecular weight is 311 g/mol. The molecule has 1 aromatic carbocycles. The van der Waals surface area contributed by atoms with Gasteiger partial charge in [0.15, 0.2) is 5.60 Å². The molecule has 1 unspecified atom stereocenters. The maximum atomic E-state index is 12.6. The summed E-state index contributed by atoms with van der Waals surface area (Å²) in [6.07, 6.45) is -6.62. The number of carbonyl (C=O) groups is 1. The van der Waals surface area contributed by atoms with E-state index in [2.05, 4.69) is 10.2 Å². The van der Waals surface area contributed by atoms with Crippen LogP contribution in [-0.4, -0.2) is 34.5 Å². The van der Waals surface area contributed by atoms with Gasteiger partial charge in [-0.15, -0.1) is 0 Å². The second kappa shape index (κ2) is 6.19. The van der Waals surface area contributed by atoms with E-state index in [0.29, 0.717) is 5.02 Å². The van der Waals surface area contributed by atoms with E-state index in [1.807, 2.05) is 0 Å². The Kier molecular flexibility index (Phi) is 5.07. The van der Waals surface area contributed by atoms with Crippen LogP contribution in [0.5, 0.6) is 0 Å². The maximum Gasteiger partial charge on any atom is 0.419 e. The van der Waals surface area contributed by atoms with Gasteiger partial charge in [0.05, 0.1) is 18.7 Å². The number of carboxylic acid groups (broad SMARTS) is 1. The first-order valence-electron chi connectivity index (χ1n) is 5.28. The molecule has 0 aliphatic heterocycles. The summed E-state index contributed by atoms with van der Waals surface area (Å²) in [5.74, 6) is -1.79. The lowest BCUT2D eigenvalue weighted by Gasteiger charge is -2.26. The molecule has 1 atom stereocenters. The second-order valence-electron chi connectivity index (χ2n) is 3.98. The topological polar surface area (TPSA) is 82.2 Å². The Morgan fingerprint density at radius 2 is 1.80 bits per heavy atom. The SMILES string of the molecule is O=C(O)CC(O)(CN=Nc1ccc(Cl)cc1)C(F)(F)F. The summed E-state index contributed by atoms with van der Waals surface area (Å²) < 4.78 is 37.8. The fourth-order valence-electron chi connectivity index (χ4n) is 1.24. The molecule has 1 rings (SSSR count). The van der Waals surface area contributed by atoms with Crippen LogP contribution >= 0.6 is 11.6 Å². The van der Waals surface area contributed by atoms with Crippen LogP contribution < -0.4 is 0 Å². The summed E-state index contributed by atoms with van der Waals surface area (Å²) >= 11 is 5.61. The second-order valence-corrected chi connectivity index (χ2v) is 4.41. The van der Waals surface area contributed by atoms with Crippen molar-refractivity contribution in [2.24, 2.45) is 10.2 Å². The van der Waals surface area contributed by atoms with Crippen molar-refractivity contribution in [1.82, 2.24) is 0 Å². The van der Waals surface area contributed by atoms with E-state index in [9.17, 15) is 23.1 Å². The molecular weight excluding hydrogens is 301 g/mol. The number of aliphatic hydroxyl groups is 1. The summed E-state index contributed by atoms with van der Waals surface area (Å²) in [4.78, 5) is 10.4. The fourth-order valence-corrected chi connectivity index (χ4v) is 1.36. The molecule has 0 fully saturated rings. The minimum absolute atomic E-state index is 0.231. The van der Waals surface area contributed by atoms with Crippen LogP contribution in [0, 0.1) is 0 Å². The van der Waals surface area contributed by atoms with Gasteiger partial charge in [-0.2, -0.15) is 23.4 Å². The van der Waals surface area contributed by atoms with Crippen molar-refractivity contribution in [3.63, 3.8) is 0 Å². The lowest BCUT2D eigenvalue weighted by atomic mass is 9.99. The number of rotatable bonds is 5. The predicted octanol–water partition coefficient (Wildman–Crippen LogP) is 3.19. The summed E-state index contributed by atoms with van der Waals surface area (Å²) in [6, 6.07) is 5.75. The highest BCUT2D eigenvalue weighted by Crippen LogP contribution is 2.33. The zero-order valence-corrected chi connectivity index (χ0v) is 10.7. The number of alkyl halides is 3. The molecule has 1 aromatic rings. The van der Waals surface area contributed by atoms with Crippen molar-refractivity contribution in [2.75, 3.05) is 6.54 Å². The van der Waals surface area contributed by atoms with Gasteiger partial charge in [-0.25, -0.2) is 0 Å². The van der Waals surface area contributed by atoms with Gasteiger partial charge in [-0.1, -0.05) is 11.6 Å². The minimum atomic E-state index is -5.12. The van der Waals surface area contributed by atoms with Crippen LogP contribution in [-0.2, 0) is 4.79 Å². The number of hydrogen-bond donors (Lipinski definition) is 2. The molecular formula is C11H10ClF3N2O3. The van der Waals surface area contributed by atoms with E-state index in [1.165, 1.54) is 24.3 Å². The zero-order valence-electron chi connectivity index (χ0n) is 9.93. The highest BCUT2D eigenvalue weighted by atomic mass is 35.5. The smallest absolute Gasteiger partial charge is 0.419 e. The van der Waals surface area contributed by atoms with Crippen LogP contribution in [0.3, 0.4) is 0 Å². The predicted molar refractivity (Wildman–Crippen MR) is 64.1 cm³/mol. The Morgan fingerprint density at radius 3 is 2.25 bits per heavy atom. The van der Waals surface area contributed by atoms with Crippen LogP contribution in [0.1, 0.15) is 6.42 Å². The third-order valence-corrected chi connectivity index (χ3v) is 2.57. The molecule has 0 aliphatic carbocycles. The van der Waals surface area contributed by atoms with Crippen molar-refractivity contribution in [1.29, 1.82) is 0 Å². The van der Waals surface area contributed by atoms with Gasteiger partial charge in [0.25, 0.3) is 0 Å². The van der Waals surface area contributed by atoms with Gasteiger partial charge in [0, 0.05) is 5.02 Å². The van der Waals surface area contributed by atoms with Crippen molar-refractivity contribution in [2.45, 2.75) is 18.2 Å². The Hall–Kier alpha value is -1.67. The van der Waals surface area contributed by atoms with Crippen molar-refractivity contribution in [3.05, 3.63) is 29.3 Å². The maximum absolute atomic E-state index is 12.6. The van der Waals surface area contributed by atoms with Gasteiger partial charge in [0.1, 0.15) is 0 Å². The molecule has 110 valence electrons. The molecule has 0 saturated carbocycles. The molecule has 0 aliphatic rings. The lowest BCUT2D eigenvalue weighted by Crippen LogP contribution is -2.49. The van der Waals surface area contributed by atoms with Crippen molar-refractivity contribution in [3.8, 4) is 0 Å². The third-order valence-electron chi connectivity index (χ3n) is 2.32. The fraction of sp³-hybridized carbons (Fsp3) is 0.364. The molecule has 0 spiro atoms. The molecule has 20 heavy (non-hydrogen) atoms. The Labute approximate surface area is 116 Å². The number of carboxylic acids is 1. The Bertz CT molecular complexity index is 505. The molecule has 5 nitrogen and oxygen atoms in total. The molecule has 9 heteroatoms. The number of benzene rings is 1. The first kappa shape index (κ1) is 16.4. The van der Waals surface area contributed by atoms with Crippen molar-refractivity contribution >= 4 is 23.3 Å². The molecule has 2 N–H and O–H groups in total. The van der Waals surface area contributed by atoms with E-state index in [1.54, 1.807) is 0 Å². The number of nitrogens with zero attached hydrogens (tertiary/aromatic N) is 2. The Morgan fingerprint density at radius 1 is 1.25 bits per heavy atom. The van der Waals surface area contributed by atoms with E-state index < -0.39 is 30.7 Å². The summed E-state index contributed by atoms with van der Waals surface area (Å²) in [6.45, 7) is -1.20. The highest BCUT2D eigenvalue weighted by Gasteiger charge is 2.55. The van der Waals surface area contributed by atoms with E-state index >= 15 is 0 Å². The van der Waals surface area contributed by atoms with Gasteiger partial charge in [-0.05, 0) is 24.3 Å². The summed E-state index contributed by atoms with van der Waals surface area (Å²) in [7, 11) is 0. The highest BCUT2D eigenvalue weighted by molar-refractivity contribution is 6.30. The van der Waals surface area contributed by atoms with E-state index in [4.69, 9.17) is 16.7 Å². The van der Waals surface area contributed by atoms with Crippen LogP contribution in [0.15, 0.2) is 34.5 Å². The molecule has 0 heterocycles. The molecule has 0 saturated heterocycles. The first-order valence-corrected chi connectivity index (χ1v) is 5.66. The largest absolute Gasteiger partial charge is 0.481 e. The lowest BCUT2D eigenvalue weighted by molar-refractivity contribution is -0.258. The van der Waals surface area contributed by atoms with Gasteiger partial charge < -0.3 is 10.2 Å². The Balaban J connectivity index is 2.81. The number of aliphatic carboxylic acids is 1. The van der Waals surface area contributed by atoms with Crippen LogP contribution in [0.25, 0.3) is 0 Å². The number of hydrogen-bond acceptors (Lipinski definition) is 4. The number of azo groups is 1. The van der Waals surface area contributed by atoms with Crippen molar-refractivity contribution < 1.29 is 28.2 Å². The van der Waals surface area contributed by atoms with Gasteiger partial charge in [0.2, 0.25) is 0 Å². The monoisotopic (exact) mass is 310 g/mol. The molecule has 0 amide bonds. The van der Waals surface area contributed by atoms with E-state index in [-0.39, 0.29) is 5.69 Å². The first-order chi connectivity index (χ1) is 9.14.